The molecular formula is C13H11FSi. The van der Waals surface area contributed by atoms with Gasteiger partial charge in [0.15, 0.2) is 0 Å². The monoisotopic (exact) mass is 214 g/mol. The Balaban J connectivity index is 2.96. The third-order valence-corrected chi connectivity index (χ3v) is 4.08. The van der Waals surface area contributed by atoms with Crippen LogP contribution in [-0.2, 0) is 0 Å². The Bertz CT molecular complexity index is 456. The molecule has 1 aromatic carbocycles. The number of terminal acetylenes is 1. The average Bonchev–Trinajstić information content (AvgIpc) is 2.28. The maximum atomic E-state index is 12.6. The predicted molar refractivity (Wildman–Crippen MR) is 63.9 cm³/mol. The molecule has 0 aliphatic rings. The highest BCUT2D eigenvalue weighted by Crippen LogP contribution is 2.03. The second kappa shape index (κ2) is 4.64. The smallest absolute Gasteiger partial charge is 0.207 e. The van der Waals surface area contributed by atoms with Crippen LogP contribution in [0.3, 0.4) is 0 Å². The molecule has 0 spiro atoms. The molecule has 0 amide bonds. The minimum Gasteiger partial charge on any atom is -0.207 e. The molecule has 74 valence electrons. The number of hydrogen-bond acceptors (Lipinski definition) is 0. The van der Waals surface area contributed by atoms with Crippen molar-refractivity contribution in [3.8, 4) is 23.4 Å². The van der Waals surface area contributed by atoms with Crippen molar-refractivity contribution < 1.29 is 4.39 Å². The highest BCUT2D eigenvalue weighted by atomic mass is 28.3. The Morgan fingerprint density at radius 2 is 2.00 bits per heavy atom. The Hall–Kier alpha value is -1.77. The number of halogens is 1. The summed E-state index contributed by atoms with van der Waals surface area (Å²) in [5.41, 5.74) is 8.25. The van der Waals surface area contributed by atoms with Gasteiger partial charge in [0.05, 0.1) is 0 Å². The van der Waals surface area contributed by atoms with Crippen LogP contribution in [0.1, 0.15) is 5.56 Å². The van der Waals surface area contributed by atoms with E-state index in [2.05, 4.69) is 23.6 Å². The van der Waals surface area contributed by atoms with Gasteiger partial charge in [0.1, 0.15) is 5.82 Å². The summed E-state index contributed by atoms with van der Waals surface area (Å²) < 4.78 is 12.6. The van der Waals surface area contributed by atoms with Gasteiger partial charge in [-0.15, -0.1) is 24.1 Å². The van der Waals surface area contributed by atoms with Crippen molar-refractivity contribution in [1.29, 1.82) is 0 Å². The molecule has 0 heterocycles. The van der Waals surface area contributed by atoms with Crippen LogP contribution >= 0.6 is 0 Å². The maximum Gasteiger partial charge on any atom is 0.235 e. The van der Waals surface area contributed by atoms with E-state index in [0.29, 0.717) is 0 Å². The second-order valence-electron chi connectivity index (χ2n) is 3.31. The molecule has 0 aliphatic heterocycles. The fraction of sp³-hybridized carbons (Fsp3) is 0.0769. The lowest BCUT2D eigenvalue weighted by Crippen LogP contribution is -2.22. The van der Waals surface area contributed by atoms with Crippen LogP contribution in [0.15, 0.2) is 36.5 Å². The van der Waals surface area contributed by atoms with Crippen molar-refractivity contribution >= 4 is 8.07 Å². The van der Waals surface area contributed by atoms with Gasteiger partial charge in [-0.2, -0.15) is 0 Å². The Morgan fingerprint density at radius 1 is 1.40 bits per heavy atom. The summed E-state index contributed by atoms with van der Waals surface area (Å²) in [7, 11) is -2.06. The molecule has 0 nitrogen and oxygen atoms in total. The molecule has 0 aliphatic carbocycles. The maximum absolute atomic E-state index is 12.6. The van der Waals surface area contributed by atoms with Gasteiger partial charge in [0, 0.05) is 5.56 Å². The fourth-order valence-electron chi connectivity index (χ4n) is 0.881. The zero-order valence-corrected chi connectivity index (χ0v) is 9.55. The Labute approximate surface area is 90.8 Å². The summed E-state index contributed by atoms with van der Waals surface area (Å²) in [5.74, 6) is 2.68. The predicted octanol–water partition coefficient (Wildman–Crippen LogP) is 2.69. The third kappa shape index (κ3) is 3.13. The summed E-state index contributed by atoms with van der Waals surface area (Å²) >= 11 is 0. The molecule has 2 heteroatoms. The number of hydrogen-bond donors (Lipinski definition) is 0. The Morgan fingerprint density at radius 3 is 2.47 bits per heavy atom. The van der Waals surface area contributed by atoms with Gasteiger partial charge in [0.2, 0.25) is 8.07 Å². The number of rotatable bonds is 1. The standard InChI is InChI=1S/C13H11FSi/c1-4-15(3,5-2)11-10-12-6-8-13(14)9-7-12/h1,5-9H,2H2,3H3. The SMILES string of the molecule is C#C[Si](C)(C#Cc1ccc(F)cc1)C=C. The van der Waals surface area contributed by atoms with E-state index >= 15 is 0 Å². The lowest BCUT2D eigenvalue weighted by atomic mass is 10.2. The first-order valence-electron chi connectivity index (χ1n) is 4.50. The highest BCUT2D eigenvalue weighted by molar-refractivity contribution is 6.97. The van der Waals surface area contributed by atoms with E-state index in [-0.39, 0.29) is 5.82 Å². The molecule has 1 aromatic rings. The second-order valence-corrected chi connectivity index (χ2v) is 6.66. The van der Waals surface area contributed by atoms with Crippen LogP contribution in [-0.4, -0.2) is 8.07 Å². The van der Waals surface area contributed by atoms with Crippen LogP contribution in [0.2, 0.25) is 6.55 Å². The molecule has 0 bridgehead atoms. The van der Waals surface area contributed by atoms with Gasteiger partial charge in [-0.25, -0.2) is 4.39 Å². The van der Waals surface area contributed by atoms with Crippen molar-refractivity contribution in [3.05, 3.63) is 47.9 Å². The third-order valence-electron chi connectivity index (χ3n) is 2.02. The molecule has 15 heavy (non-hydrogen) atoms. The van der Waals surface area contributed by atoms with E-state index in [0.717, 1.165) is 5.56 Å². The molecule has 0 saturated heterocycles. The fourth-order valence-corrected chi connectivity index (χ4v) is 1.58. The van der Waals surface area contributed by atoms with Crippen molar-refractivity contribution in [2.24, 2.45) is 0 Å². The highest BCUT2D eigenvalue weighted by Gasteiger charge is 2.16. The summed E-state index contributed by atoms with van der Waals surface area (Å²) in [6.45, 7) is 5.63. The van der Waals surface area contributed by atoms with Crippen LogP contribution in [0.25, 0.3) is 0 Å². The van der Waals surface area contributed by atoms with Crippen molar-refractivity contribution in [2.45, 2.75) is 6.55 Å². The average molecular weight is 214 g/mol. The van der Waals surface area contributed by atoms with E-state index in [1.807, 2.05) is 6.55 Å². The molecular weight excluding hydrogens is 203 g/mol. The lowest BCUT2D eigenvalue weighted by molar-refractivity contribution is 0.627. The van der Waals surface area contributed by atoms with E-state index in [1.165, 1.54) is 12.1 Å². The van der Waals surface area contributed by atoms with E-state index in [1.54, 1.807) is 17.8 Å². The molecule has 0 fully saturated rings. The minimum atomic E-state index is -2.06. The van der Waals surface area contributed by atoms with Crippen molar-refractivity contribution in [3.63, 3.8) is 0 Å². The van der Waals surface area contributed by atoms with Gasteiger partial charge in [0.25, 0.3) is 0 Å². The van der Waals surface area contributed by atoms with Gasteiger partial charge in [-0.05, 0) is 30.8 Å². The molecule has 0 radical (unpaired) electrons. The normalized spacial score (nSPS) is 12.9. The molecule has 0 saturated carbocycles. The molecule has 0 aromatic heterocycles. The lowest BCUT2D eigenvalue weighted by Gasteiger charge is -2.04. The quantitative estimate of drug-likeness (QED) is 0.498. The van der Waals surface area contributed by atoms with E-state index < -0.39 is 8.07 Å². The first-order chi connectivity index (χ1) is 7.09. The van der Waals surface area contributed by atoms with E-state index in [9.17, 15) is 4.39 Å². The first kappa shape index (κ1) is 11.3. The first-order valence-corrected chi connectivity index (χ1v) is 7.07. The summed E-state index contributed by atoms with van der Waals surface area (Å²) in [4.78, 5) is 0. The van der Waals surface area contributed by atoms with E-state index in [4.69, 9.17) is 6.42 Å². The summed E-state index contributed by atoms with van der Waals surface area (Å²) in [6.07, 6.45) is 5.38. The summed E-state index contributed by atoms with van der Waals surface area (Å²) in [6, 6.07) is 6.03. The zero-order valence-electron chi connectivity index (χ0n) is 8.55. The minimum absolute atomic E-state index is 0.263. The summed E-state index contributed by atoms with van der Waals surface area (Å²) in [5, 5.41) is 0. The number of benzene rings is 1. The topological polar surface area (TPSA) is 0 Å². The van der Waals surface area contributed by atoms with Crippen LogP contribution in [0.4, 0.5) is 4.39 Å². The van der Waals surface area contributed by atoms with Crippen molar-refractivity contribution in [1.82, 2.24) is 0 Å². The Kier molecular flexibility index (Phi) is 3.50. The van der Waals surface area contributed by atoms with Gasteiger partial charge < -0.3 is 0 Å². The largest absolute Gasteiger partial charge is 0.235 e. The molecule has 0 N–H and O–H groups in total. The van der Waals surface area contributed by atoms with Crippen LogP contribution in [0, 0.1) is 29.2 Å². The van der Waals surface area contributed by atoms with Crippen LogP contribution in [0.5, 0.6) is 0 Å². The van der Waals surface area contributed by atoms with Gasteiger partial charge in [-0.3, -0.25) is 0 Å². The van der Waals surface area contributed by atoms with Gasteiger partial charge in [-0.1, -0.05) is 11.6 Å². The van der Waals surface area contributed by atoms with Crippen LogP contribution < -0.4 is 0 Å². The van der Waals surface area contributed by atoms with Gasteiger partial charge >= 0.3 is 0 Å². The zero-order chi connectivity index (χ0) is 11.3. The molecule has 1 rings (SSSR count). The molecule has 1 atom stereocenters. The van der Waals surface area contributed by atoms with Crippen molar-refractivity contribution in [2.75, 3.05) is 0 Å². The molecule has 1 unspecified atom stereocenters.